The molecular formula is C20H17N3O. The zero-order chi connectivity index (χ0) is 16.4. The maximum Gasteiger partial charge on any atom is 0.209 e. The van der Waals surface area contributed by atoms with Crippen LogP contribution in [0.1, 0.15) is 5.56 Å². The van der Waals surface area contributed by atoms with E-state index >= 15 is 0 Å². The van der Waals surface area contributed by atoms with Gasteiger partial charge in [-0.05, 0) is 29.8 Å². The summed E-state index contributed by atoms with van der Waals surface area (Å²) in [6.07, 6.45) is 0. The van der Waals surface area contributed by atoms with Gasteiger partial charge in [0.05, 0.1) is 16.7 Å². The second-order valence-corrected chi connectivity index (χ2v) is 5.59. The van der Waals surface area contributed by atoms with E-state index in [9.17, 15) is 5.11 Å². The van der Waals surface area contributed by atoms with Gasteiger partial charge < -0.3 is 10.4 Å². The summed E-state index contributed by atoms with van der Waals surface area (Å²) in [5.74, 6) is 0.935. The molecule has 118 valence electrons. The Hall–Kier alpha value is -3.27. The number of imidazole rings is 1. The first-order chi connectivity index (χ1) is 11.8. The predicted molar refractivity (Wildman–Crippen MR) is 96.5 cm³/mol. The van der Waals surface area contributed by atoms with Crippen molar-refractivity contribution >= 4 is 17.0 Å². The van der Waals surface area contributed by atoms with Crippen LogP contribution >= 0.6 is 0 Å². The van der Waals surface area contributed by atoms with Crippen LogP contribution in [0.2, 0.25) is 0 Å². The Morgan fingerprint density at radius 2 is 1.54 bits per heavy atom. The van der Waals surface area contributed by atoms with E-state index in [1.807, 2.05) is 65.2 Å². The van der Waals surface area contributed by atoms with E-state index in [0.29, 0.717) is 18.2 Å². The highest BCUT2D eigenvalue weighted by Gasteiger charge is 2.14. The van der Waals surface area contributed by atoms with Crippen LogP contribution in [-0.2, 0) is 6.54 Å². The second-order valence-electron chi connectivity index (χ2n) is 5.59. The number of aromatic hydroxyl groups is 1. The molecule has 0 saturated carbocycles. The highest BCUT2D eigenvalue weighted by Crippen LogP contribution is 2.29. The van der Waals surface area contributed by atoms with Crippen molar-refractivity contribution < 1.29 is 5.11 Å². The lowest BCUT2D eigenvalue weighted by molar-refractivity contribution is 0.473. The normalized spacial score (nSPS) is 10.8. The number of hydrogen-bond donors (Lipinski definition) is 2. The van der Waals surface area contributed by atoms with E-state index in [0.717, 1.165) is 11.0 Å². The Balaban J connectivity index is 1.80. The molecule has 1 heterocycles. The van der Waals surface area contributed by atoms with Gasteiger partial charge in [0, 0.05) is 6.54 Å². The Morgan fingerprint density at radius 3 is 2.38 bits per heavy atom. The van der Waals surface area contributed by atoms with Crippen molar-refractivity contribution in [2.45, 2.75) is 6.54 Å². The molecule has 0 unspecified atom stereocenters. The number of nitrogens with zero attached hydrogens (tertiary/aromatic N) is 2. The number of rotatable bonds is 4. The zero-order valence-corrected chi connectivity index (χ0v) is 13.1. The minimum Gasteiger partial charge on any atom is -0.506 e. The number of hydrogen-bond acceptors (Lipinski definition) is 3. The van der Waals surface area contributed by atoms with Crippen molar-refractivity contribution in [2.24, 2.45) is 0 Å². The summed E-state index contributed by atoms with van der Waals surface area (Å²) in [6.45, 7) is 0.664. The SMILES string of the molecule is Oc1ccccc1-n1c(NCc2ccccc2)nc2ccccc21. The number of phenolic OH excluding ortho intramolecular Hbond substituents is 1. The van der Waals surface area contributed by atoms with Crippen molar-refractivity contribution in [3.8, 4) is 11.4 Å². The number of benzene rings is 3. The number of nitrogens with one attached hydrogen (secondary N) is 1. The molecule has 0 bridgehead atoms. The van der Waals surface area contributed by atoms with E-state index in [2.05, 4.69) is 22.4 Å². The average molecular weight is 315 g/mol. The lowest BCUT2D eigenvalue weighted by Crippen LogP contribution is -2.06. The summed E-state index contributed by atoms with van der Waals surface area (Å²) in [6, 6.07) is 25.4. The first-order valence-electron chi connectivity index (χ1n) is 7.86. The van der Waals surface area contributed by atoms with Crippen LogP contribution in [0, 0.1) is 0 Å². The summed E-state index contributed by atoms with van der Waals surface area (Å²) in [4.78, 5) is 4.69. The van der Waals surface area contributed by atoms with Gasteiger partial charge >= 0.3 is 0 Å². The van der Waals surface area contributed by atoms with Gasteiger partial charge in [0.25, 0.3) is 0 Å². The Bertz CT molecular complexity index is 977. The van der Waals surface area contributed by atoms with Crippen LogP contribution < -0.4 is 5.32 Å². The molecule has 0 amide bonds. The van der Waals surface area contributed by atoms with E-state index in [1.165, 1.54) is 5.56 Å². The van der Waals surface area contributed by atoms with Gasteiger partial charge in [0.15, 0.2) is 0 Å². The quantitative estimate of drug-likeness (QED) is 0.589. The molecular weight excluding hydrogens is 298 g/mol. The molecule has 4 aromatic rings. The summed E-state index contributed by atoms with van der Waals surface area (Å²) < 4.78 is 1.95. The highest BCUT2D eigenvalue weighted by molar-refractivity contribution is 5.82. The topological polar surface area (TPSA) is 50.1 Å². The van der Waals surface area contributed by atoms with Gasteiger partial charge in [0.1, 0.15) is 5.75 Å². The number of aromatic nitrogens is 2. The third kappa shape index (κ3) is 2.58. The van der Waals surface area contributed by atoms with Crippen LogP contribution in [-0.4, -0.2) is 14.7 Å². The first-order valence-corrected chi connectivity index (χ1v) is 7.86. The molecule has 1 aromatic heterocycles. The Kier molecular flexibility index (Phi) is 3.63. The van der Waals surface area contributed by atoms with Crippen molar-refractivity contribution in [2.75, 3.05) is 5.32 Å². The molecule has 0 fully saturated rings. The van der Waals surface area contributed by atoms with Gasteiger partial charge in [-0.2, -0.15) is 0 Å². The lowest BCUT2D eigenvalue weighted by Gasteiger charge is -2.12. The first kappa shape index (κ1) is 14.3. The van der Waals surface area contributed by atoms with Crippen LogP contribution in [0.5, 0.6) is 5.75 Å². The fraction of sp³-hybridized carbons (Fsp3) is 0.0500. The Labute approximate surface area is 140 Å². The molecule has 4 rings (SSSR count). The largest absolute Gasteiger partial charge is 0.506 e. The van der Waals surface area contributed by atoms with Gasteiger partial charge in [-0.3, -0.25) is 4.57 Å². The zero-order valence-electron chi connectivity index (χ0n) is 13.1. The predicted octanol–water partition coefficient (Wildman–Crippen LogP) is 4.34. The Morgan fingerprint density at radius 1 is 0.833 bits per heavy atom. The average Bonchev–Trinajstić information content (AvgIpc) is 2.99. The van der Waals surface area contributed by atoms with Gasteiger partial charge in [-0.1, -0.05) is 54.6 Å². The lowest BCUT2D eigenvalue weighted by atomic mass is 10.2. The minimum absolute atomic E-state index is 0.225. The maximum atomic E-state index is 10.3. The van der Waals surface area contributed by atoms with Crippen molar-refractivity contribution in [1.29, 1.82) is 0 Å². The van der Waals surface area contributed by atoms with E-state index in [1.54, 1.807) is 6.07 Å². The molecule has 2 N–H and O–H groups in total. The van der Waals surface area contributed by atoms with Crippen LogP contribution in [0.4, 0.5) is 5.95 Å². The number of para-hydroxylation sites is 4. The van der Waals surface area contributed by atoms with E-state index in [-0.39, 0.29) is 5.75 Å². The fourth-order valence-corrected chi connectivity index (χ4v) is 2.82. The standard InChI is InChI=1S/C20H17N3O/c24-19-13-7-6-12-18(19)23-17-11-5-4-10-16(17)22-20(23)21-14-15-8-2-1-3-9-15/h1-13,24H,14H2,(H,21,22). The van der Waals surface area contributed by atoms with Gasteiger partial charge in [0.2, 0.25) is 5.95 Å². The van der Waals surface area contributed by atoms with Crippen LogP contribution in [0.25, 0.3) is 16.7 Å². The molecule has 24 heavy (non-hydrogen) atoms. The van der Waals surface area contributed by atoms with Crippen LogP contribution in [0.15, 0.2) is 78.9 Å². The number of phenols is 1. The fourth-order valence-electron chi connectivity index (χ4n) is 2.82. The van der Waals surface area contributed by atoms with E-state index < -0.39 is 0 Å². The second kappa shape index (κ2) is 6.08. The van der Waals surface area contributed by atoms with Crippen molar-refractivity contribution in [3.63, 3.8) is 0 Å². The molecule has 4 heteroatoms. The molecule has 3 aromatic carbocycles. The van der Waals surface area contributed by atoms with E-state index in [4.69, 9.17) is 0 Å². The van der Waals surface area contributed by atoms with Crippen molar-refractivity contribution in [1.82, 2.24) is 9.55 Å². The third-order valence-electron chi connectivity index (χ3n) is 3.98. The number of anilines is 1. The molecule has 4 nitrogen and oxygen atoms in total. The maximum absolute atomic E-state index is 10.3. The number of fused-ring (bicyclic) bond motifs is 1. The molecule has 0 aliphatic carbocycles. The summed E-state index contributed by atoms with van der Waals surface area (Å²) in [7, 11) is 0. The molecule has 0 radical (unpaired) electrons. The molecule has 0 aliphatic heterocycles. The van der Waals surface area contributed by atoms with Crippen LogP contribution in [0.3, 0.4) is 0 Å². The van der Waals surface area contributed by atoms with Gasteiger partial charge in [-0.15, -0.1) is 0 Å². The molecule has 0 atom stereocenters. The smallest absolute Gasteiger partial charge is 0.209 e. The molecule has 0 saturated heterocycles. The highest BCUT2D eigenvalue weighted by atomic mass is 16.3. The molecule has 0 spiro atoms. The van der Waals surface area contributed by atoms with Crippen molar-refractivity contribution in [3.05, 3.63) is 84.4 Å². The molecule has 0 aliphatic rings. The summed E-state index contributed by atoms with van der Waals surface area (Å²) in [5, 5.41) is 13.7. The third-order valence-corrected chi connectivity index (χ3v) is 3.98. The monoisotopic (exact) mass is 315 g/mol. The summed E-state index contributed by atoms with van der Waals surface area (Å²) >= 11 is 0. The summed E-state index contributed by atoms with van der Waals surface area (Å²) in [5.41, 5.74) is 3.72. The van der Waals surface area contributed by atoms with Gasteiger partial charge in [-0.25, -0.2) is 4.98 Å². The minimum atomic E-state index is 0.225.